The molecule has 0 saturated carbocycles. The molecule has 2 heterocycles. The van der Waals surface area contributed by atoms with Crippen LogP contribution in [0.1, 0.15) is 6.42 Å². The number of benzene rings is 1. The molecule has 136 valence electrons. The third kappa shape index (κ3) is 4.96. The molecule has 2 aromatic rings. The fourth-order valence-corrected chi connectivity index (χ4v) is 3.25. The summed E-state index contributed by atoms with van der Waals surface area (Å²) in [5.41, 5.74) is 0.724. The Hall–Kier alpha value is -1.57. The van der Waals surface area contributed by atoms with Crippen LogP contribution in [-0.2, 0) is 0 Å². The Morgan fingerprint density at radius 2 is 2.16 bits per heavy atom. The first-order valence-corrected chi connectivity index (χ1v) is 8.49. The van der Waals surface area contributed by atoms with Crippen LogP contribution in [0.15, 0.2) is 30.5 Å². The molecule has 3 rings (SSSR count). The van der Waals surface area contributed by atoms with Crippen LogP contribution in [0.5, 0.6) is 5.75 Å². The number of hydrogen-bond acceptors (Lipinski definition) is 4. The molecule has 4 nitrogen and oxygen atoms in total. The molecule has 1 fully saturated rings. The average molecular weight is 374 g/mol. The number of aromatic nitrogens is 1. The van der Waals surface area contributed by atoms with E-state index < -0.39 is 18.6 Å². The van der Waals surface area contributed by atoms with Crippen molar-refractivity contribution in [3.63, 3.8) is 0 Å². The lowest BCUT2D eigenvalue weighted by molar-refractivity contribution is -0.149. The second-order valence-corrected chi connectivity index (χ2v) is 6.44. The van der Waals surface area contributed by atoms with Crippen LogP contribution in [0, 0.1) is 0 Å². The summed E-state index contributed by atoms with van der Waals surface area (Å²) in [4.78, 5) is 6.08. The topological polar surface area (TPSA) is 37.4 Å². The van der Waals surface area contributed by atoms with Crippen molar-refractivity contribution in [2.75, 3.05) is 32.8 Å². The van der Waals surface area contributed by atoms with Crippen molar-refractivity contribution >= 4 is 22.5 Å². The van der Waals surface area contributed by atoms with E-state index in [0.717, 1.165) is 10.9 Å². The largest absolute Gasteiger partial charge is 0.492 e. The molecular formula is C17H19ClF3N3O. The van der Waals surface area contributed by atoms with E-state index >= 15 is 0 Å². The molecule has 1 saturated heterocycles. The first kappa shape index (κ1) is 18.2. The van der Waals surface area contributed by atoms with E-state index in [1.807, 2.05) is 11.0 Å². The Bertz CT molecular complexity index is 726. The molecule has 0 aliphatic carbocycles. The number of ether oxygens (including phenoxy) is 1. The van der Waals surface area contributed by atoms with Gasteiger partial charge >= 0.3 is 6.18 Å². The number of nitrogens with one attached hydrogen (secondary N) is 1. The van der Waals surface area contributed by atoms with Gasteiger partial charge in [-0.15, -0.1) is 0 Å². The highest BCUT2D eigenvalue weighted by Gasteiger charge is 2.35. The number of alkyl halides is 3. The van der Waals surface area contributed by atoms with Crippen LogP contribution in [-0.4, -0.2) is 54.9 Å². The van der Waals surface area contributed by atoms with Gasteiger partial charge in [0.25, 0.3) is 0 Å². The minimum Gasteiger partial charge on any atom is -0.492 e. The van der Waals surface area contributed by atoms with Crippen molar-refractivity contribution in [3.05, 3.63) is 35.5 Å². The molecule has 25 heavy (non-hydrogen) atoms. The van der Waals surface area contributed by atoms with Crippen LogP contribution in [0.25, 0.3) is 10.9 Å². The van der Waals surface area contributed by atoms with E-state index in [1.165, 1.54) is 0 Å². The average Bonchev–Trinajstić information content (AvgIpc) is 2.55. The summed E-state index contributed by atoms with van der Waals surface area (Å²) < 4.78 is 43.7. The van der Waals surface area contributed by atoms with Gasteiger partial charge in [0.15, 0.2) is 0 Å². The summed E-state index contributed by atoms with van der Waals surface area (Å²) in [5, 5.41) is 4.47. The molecule has 0 spiro atoms. The second kappa shape index (κ2) is 7.76. The van der Waals surface area contributed by atoms with Crippen molar-refractivity contribution < 1.29 is 17.9 Å². The zero-order valence-corrected chi connectivity index (χ0v) is 14.3. The third-order valence-corrected chi connectivity index (χ3v) is 4.58. The highest BCUT2D eigenvalue weighted by atomic mass is 35.5. The molecular weight excluding hydrogens is 355 g/mol. The lowest BCUT2D eigenvalue weighted by Gasteiger charge is -2.36. The summed E-state index contributed by atoms with van der Waals surface area (Å²) >= 11 is 6.10. The van der Waals surface area contributed by atoms with Crippen LogP contribution in [0.4, 0.5) is 13.2 Å². The van der Waals surface area contributed by atoms with Gasteiger partial charge in [-0.1, -0.05) is 11.6 Å². The van der Waals surface area contributed by atoms with Gasteiger partial charge in [0.1, 0.15) is 12.4 Å². The Labute approximate surface area is 148 Å². The van der Waals surface area contributed by atoms with Crippen LogP contribution in [0.3, 0.4) is 0 Å². The minimum absolute atomic E-state index is 0.320. The normalized spacial score (nSPS) is 19.3. The first-order valence-electron chi connectivity index (χ1n) is 8.11. The summed E-state index contributed by atoms with van der Waals surface area (Å²) in [6, 6.07) is 6.58. The fraction of sp³-hybridized carbons (Fsp3) is 0.471. The SMILES string of the molecule is FC(F)(F)CC1CNCCN1CCOc1ccc2c(Cl)ccnc2c1. The van der Waals surface area contributed by atoms with Gasteiger partial charge in [-0.05, 0) is 18.2 Å². The standard InChI is InChI=1S/C17H19ClF3N3O/c18-15-3-4-23-16-9-13(1-2-14(15)16)25-8-7-24-6-5-22-11-12(24)10-17(19,20)21/h1-4,9,12,22H,5-8,10-11H2. The molecule has 1 atom stereocenters. The maximum atomic E-state index is 12.7. The zero-order chi connectivity index (χ0) is 17.9. The van der Waals surface area contributed by atoms with Crippen molar-refractivity contribution in [1.29, 1.82) is 0 Å². The highest BCUT2D eigenvalue weighted by Crippen LogP contribution is 2.26. The van der Waals surface area contributed by atoms with Crippen LogP contribution >= 0.6 is 11.6 Å². The number of halogens is 4. The van der Waals surface area contributed by atoms with Gasteiger partial charge in [0, 0.05) is 49.9 Å². The molecule has 0 amide bonds. The van der Waals surface area contributed by atoms with E-state index in [4.69, 9.17) is 16.3 Å². The molecule has 0 bridgehead atoms. The number of rotatable bonds is 5. The predicted octanol–water partition coefficient (Wildman–Crippen LogP) is 3.49. The van der Waals surface area contributed by atoms with E-state index in [2.05, 4.69) is 10.3 Å². The number of piperazine rings is 1. The lowest BCUT2D eigenvalue weighted by Crippen LogP contribution is -2.53. The van der Waals surface area contributed by atoms with Gasteiger partial charge in [-0.25, -0.2) is 0 Å². The highest BCUT2D eigenvalue weighted by molar-refractivity contribution is 6.35. The number of nitrogens with zero attached hydrogens (tertiary/aromatic N) is 2. The summed E-state index contributed by atoms with van der Waals surface area (Å²) in [5.74, 6) is 0.629. The minimum atomic E-state index is -4.16. The molecule has 1 aromatic carbocycles. The predicted molar refractivity (Wildman–Crippen MR) is 91.2 cm³/mol. The summed E-state index contributed by atoms with van der Waals surface area (Å²) in [6.07, 6.45) is -3.35. The van der Waals surface area contributed by atoms with E-state index in [0.29, 0.717) is 43.6 Å². The molecule has 0 radical (unpaired) electrons. The number of hydrogen-bond donors (Lipinski definition) is 1. The van der Waals surface area contributed by atoms with Crippen LogP contribution < -0.4 is 10.1 Å². The zero-order valence-electron chi connectivity index (χ0n) is 13.5. The quantitative estimate of drug-likeness (QED) is 0.870. The first-order chi connectivity index (χ1) is 11.9. The van der Waals surface area contributed by atoms with Gasteiger partial charge in [0.05, 0.1) is 17.0 Å². The van der Waals surface area contributed by atoms with E-state index in [1.54, 1.807) is 24.4 Å². The molecule has 1 N–H and O–H groups in total. The fourth-order valence-electron chi connectivity index (χ4n) is 3.03. The van der Waals surface area contributed by atoms with E-state index in [-0.39, 0.29) is 0 Å². The maximum Gasteiger partial charge on any atom is 0.390 e. The smallest absolute Gasteiger partial charge is 0.390 e. The Morgan fingerprint density at radius 1 is 1.32 bits per heavy atom. The van der Waals surface area contributed by atoms with Crippen molar-refractivity contribution in [2.24, 2.45) is 0 Å². The molecule has 8 heteroatoms. The Morgan fingerprint density at radius 3 is 2.96 bits per heavy atom. The Balaban J connectivity index is 1.58. The lowest BCUT2D eigenvalue weighted by atomic mass is 10.1. The van der Waals surface area contributed by atoms with Crippen molar-refractivity contribution in [1.82, 2.24) is 15.2 Å². The van der Waals surface area contributed by atoms with Gasteiger partial charge in [0.2, 0.25) is 0 Å². The number of pyridine rings is 1. The van der Waals surface area contributed by atoms with Crippen molar-refractivity contribution in [2.45, 2.75) is 18.6 Å². The van der Waals surface area contributed by atoms with Crippen molar-refractivity contribution in [3.8, 4) is 5.75 Å². The molecule has 1 aliphatic heterocycles. The molecule has 1 unspecified atom stereocenters. The molecule has 1 aliphatic rings. The Kier molecular flexibility index (Phi) is 5.66. The summed E-state index contributed by atoms with van der Waals surface area (Å²) in [7, 11) is 0. The van der Waals surface area contributed by atoms with Gasteiger partial charge in [-0.3, -0.25) is 9.88 Å². The molecule has 1 aromatic heterocycles. The maximum absolute atomic E-state index is 12.7. The van der Waals surface area contributed by atoms with E-state index in [9.17, 15) is 13.2 Å². The third-order valence-electron chi connectivity index (χ3n) is 4.25. The second-order valence-electron chi connectivity index (χ2n) is 6.03. The van der Waals surface area contributed by atoms with Crippen LogP contribution in [0.2, 0.25) is 5.02 Å². The number of fused-ring (bicyclic) bond motifs is 1. The van der Waals surface area contributed by atoms with Gasteiger partial charge in [-0.2, -0.15) is 13.2 Å². The summed E-state index contributed by atoms with van der Waals surface area (Å²) in [6.45, 7) is 2.38. The van der Waals surface area contributed by atoms with Gasteiger partial charge < -0.3 is 10.1 Å². The monoisotopic (exact) mass is 373 g/mol.